The smallest absolute Gasteiger partial charge is 0.406 e. The molecule has 1 aliphatic heterocycles. The summed E-state index contributed by atoms with van der Waals surface area (Å²) in [6, 6.07) is 7.83. The number of nitrogens with zero attached hydrogens (tertiary/aromatic N) is 2. The Kier molecular flexibility index (Phi) is 6.08. The molecule has 1 aliphatic rings. The molecule has 1 amide bonds. The zero-order chi connectivity index (χ0) is 21.1. The molecule has 1 aromatic carbocycles. The van der Waals surface area contributed by atoms with Crippen molar-refractivity contribution in [2.24, 2.45) is 5.92 Å². The Hall–Kier alpha value is -2.66. The van der Waals surface area contributed by atoms with Crippen molar-refractivity contribution in [3.05, 3.63) is 48.8 Å². The molecule has 2 aromatic rings. The van der Waals surface area contributed by atoms with E-state index in [1.807, 2.05) is 0 Å². The minimum absolute atomic E-state index is 0.101. The Morgan fingerprint density at radius 3 is 2.34 bits per heavy atom. The number of amides is 1. The van der Waals surface area contributed by atoms with Gasteiger partial charge in [0, 0.05) is 37.1 Å². The Bertz CT molecular complexity index is 943. The molecule has 0 unspecified atom stereocenters. The molecule has 7 nitrogen and oxygen atoms in total. The van der Waals surface area contributed by atoms with E-state index in [-0.39, 0.29) is 29.6 Å². The molecule has 1 saturated heterocycles. The fourth-order valence-electron chi connectivity index (χ4n) is 2.99. The second-order valence-electron chi connectivity index (χ2n) is 6.43. The van der Waals surface area contributed by atoms with Crippen LogP contribution in [0.1, 0.15) is 12.8 Å². The molecule has 0 aliphatic carbocycles. The van der Waals surface area contributed by atoms with E-state index in [0.29, 0.717) is 18.5 Å². The average Bonchev–Trinajstić information content (AvgIpc) is 2.69. The fraction of sp³-hybridized carbons (Fsp3) is 0.333. The van der Waals surface area contributed by atoms with Crippen LogP contribution in [0.25, 0.3) is 0 Å². The number of sulfonamides is 1. The number of halogens is 3. The Morgan fingerprint density at radius 2 is 1.79 bits per heavy atom. The number of nitrogens with one attached hydrogen (secondary N) is 1. The minimum atomic E-state index is -4.78. The molecule has 1 N–H and O–H groups in total. The number of hydrogen-bond donors (Lipinski definition) is 1. The number of benzene rings is 1. The predicted octanol–water partition coefficient (Wildman–Crippen LogP) is 3.02. The lowest BCUT2D eigenvalue weighted by Gasteiger charge is -2.30. The number of anilines is 1. The normalized spacial score (nSPS) is 16.4. The summed E-state index contributed by atoms with van der Waals surface area (Å²) in [5.41, 5.74) is 0.329. The van der Waals surface area contributed by atoms with Gasteiger partial charge in [-0.3, -0.25) is 9.78 Å². The number of alkyl halides is 3. The summed E-state index contributed by atoms with van der Waals surface area (Å²) in [6.45, 7) is 0.376. The molecule has 3 rings (SSSR count). The lowest BCUT2D eigenvalue weighted by Crippen LogP contribution is -2.41. The summed E-state index contributed by atoms with van der Waals surface area (Å²) in [7, 11) is -3.66. The van der Waals surface area contributed by atoms with E-state index < -0.39 is 22.3 Å². The summed E-state index contributed by atoms with van der Waals surface area (Å²) in [6.07, 6.45) is -1.35. The van der Waals surface area contributed by atoms with Crippen molar-refractivity contribution in [1.82, 2.24) is 9.29 Å². The van der Waals surface area contributed by atoms with Crippen molar-refractivity contribution >= 4 is 21.6 Å². The summed E-state index contributed by atoms with van der Waals surface area (Å²) < 4.78 is 66.8. The summed E-state index contributed by atoms with van der Waals surface area (Å²) in [4.78, 5) is 16.3. The van der Waals surface area contributed by atoms with Crippen molar-refractivity contribution in [3.8, 4) is 5.75 Å². The van der Waals surface area contributed by atoms with E-state index in [2.05, 4.69) is 15.0 Å². The number of pyridine rings is 1. The van der Waals surface area contributed by atoms with E-state index >= 15 is 0 Å². The molecular weight excluding hydrogens is 411 g/mol. The van der Waals surface area contributed by atoms with Gasteiger partial charge in [-0.15, -0.1) is 13.2 Å². The zero-order valence-corrected chi connectivity index (χ0v) is 15.9. The van der Waals surface area contributed by atoms with Gasteiger partial charge in [-0.25, -0.2) is 8.42 Å². The fourth-order valence-corrected chi connectivity index (χ4v) is 4.43. The molecule has 29 heavy (non-hydrogen) atoms. The second-order valence-corrected chi connectivity index (χ2v) is 8.37. The van der Waals surface area contributed by atoms with Crippen molar-refractivity contribution in [1.29, 1.82) is 0 Å². The number of ether oxygens (including phenoxy) is 1. The first-order chi connectivity index (χ1) is 13.6. The lowest BCUT2D eigenvalue weighted by atomic mass is 9.97. The van der Waals surface area contributed by atoms with Crippen molar-refractivity contribution in [2.75, 3.05) is 18.4 Å². The van der Waals surface area contributed by atoms with Crippen molar-refractivity contribution in [3.63, 3.8) is 0 Å². The van der Waals surface area contributed by atoms with Gasteiger partial charge in [0.05, 0.1) is 0 Å². The molecule has 1 aromatic heterocycles. The highest BCUT2D eigenvalue weighted by molar-refractivity contribution is 7.89. The van der Waals surface area contributed by atoms with Gasteiger partial charge in [-0.05, 0) is 49.2 Å². The van der Waals surface area contributed by atoms with Gasteiger partial charge < -0.3 is 10.1 Å². The summed E-state index contributed by atoms with van der Waals surface area (Å²) in [5, 5.41) is 2.63. The Labute approximate surface area is 165 Å². The van der Waals surface area contributed by atoms with E-state index in [0.717, 1.165) is 12.1 Å². The summed E-state index contributed by atoms with van der Waals surface area (Å²) >= 11 is 0. The van der Waals surface area contributed by atoms with Gasteiger partial charge in [0.15, 0.2) is 0 Å². The highest BCUT2D eigenvalue weighted by atomic mass is 32.2. The topological polar surface area (TPSA) is 88.6 Å². The molecular formula is C18H18F3N3O4S. The first-order valence-corrected chi connectivity index (χ1v) is 10.2. The third kappa shape index (κ3) is 5.45. The molecule has 0 saturated carbocycles. The third-order valence-corrected chi connectivity index (χ3v) is 6.33. The molecule has 0 bridgehead atoms. The van der Waals surface area contributed by atoms with Gasteiger partial charge in [-0.1, -0.05) is 0 Å². The lowest BCUT2D eigenvalue weighted by molar-refractivity contribution is -0.274. The molecule has 0 atom stereocenters. The number of rotatable bonds is 5. The number of hydrogen-bond acceptors (Lipinski definition) is 5. The maximum atomic E-state index is 12.6. The van der Waals surface area contributed by atoms with E-state index in [1.54, 1.807) is 0 Å². The van der Waals surface area contributed by atoms with Gasteiger partial charge in [-0.2, -0.15) is 4.31 Å². The molecule has 11 heteroatoms. The SMILES string of the molecule is O=C(Nc1ccc(OC(F)(F)F)cc1)C1CCN(S(=O)(=O)c2cccnc2)CC1. The molecule has 156 valence electrons. The minimum Gasteiger partial charge on any atom is -0.406 e. The Balaban J connectivity index is 1.55. The van der Waals surface area contributed by atoms with E-state index in [1.165, 1.54) is 41.0 Å². The highest BCUT2D eigenvalue weighted by Crippen LogP contribution is 2.26. The first-order valence-electron chi connectivity index (χ1n) is 8.72. The van der Waals surface area contributed by atoms with Crippen LogP contribution in [0.15, 0.2) is 53.7 Å². The predicted molar refractivity (Wildman–Crippen MR) is 97.5 cm³/mol. The largest absolute Gasteiger partial charge is 0.573 e. The Morgan fingerprint density at radius 1 is 1.14 bits per heavy atom. The van der Waals surface area contributed by atoms with Gasteiger partial charge in [0.25, 0.3) is 0 Å². The van der Waals surface area contributed by atoms with Crippen LogP contribution in [-0.4, -0.2) is 43.1 Å². The van der Waals surface area contributed by atoms with E-state index in [9.17, 15) is 26.4 Å². The first kappa shape index (κ1) is 21.1. The van der Waals surface area contributed by atoms with Gasteiger partial charge in [0.1, 0.15) is 10.6 Å². The maximum Gasteiger partial charge on any atom is 0.573 e. The standard InChI is InChI=1S/C18H18F3N3O4S/c19-18(20,21)28-15-5-3-14(4-6-15)23-17(25)13-7-10-24(11-8-13)29(26,27)16-2-1-9-22-12-16/h1-6,9,12-13H,7-8,10-11H2,(H,23,25). The van der Waals surface area contributed by atoms with Crippen LogP contribution in [-0.2, 0) is 14.8 Å². The maximum absolute atomic E-state index is 12.6. The van der Waals surface area contributed by atoms with Crippen LogP contribution in [0.4, 0.5) is 18.9 Å². The number of carbonyl (C=O) groups excluding carboxylic acids is 1. The molecule has 2 heterocycles. The van der Waals surface area contributed by atoms with Gasteiger partial charge >= 0.3 is 6.36 Å². The van der Waals surface area contributed by atoms with Crippen LogP contribution < -0.4 is 10.1 Å². The molecule has 1 fully saturated rings. The number of aromatic nitrogens is 1. The third-order valence-electron chi connectivity index (χ3n) is 4.45. The van der Waals surface area contributed by atoms with Crippen LogP contribution in [0, 0.1) is 5.92 Å². The average molecular weight is 429 g/mol. The van der Waals surface area contributed by atoms with Crippen LogP contribution in [0.3, 0.4) is 0 Å². The quantitative estimate of drug-likeness (QED) is 0.789. The zero-order valence-electron chi connectivity index (χ0n) is 15.1. The summed E-state index contributed by atoms with van der Waals surface area (Å²) in [5.74, 6) is -1.10. The monoisotopic (exact) mass is 429 g/mol. The van der Waals surface area contributed by atoms with Crippen molar-refractivity contribution in [2.45, 2.75) is 24.1 Å². The van der Waals surface area contributed by atoms with E-state index in [4.69, 9.17) is 0 Å². The van der Waals surface area contributed by atoms with Crippen LogP contribution >= 0.6 is 0 Å². The molecule has 0 radical (unpaired) electrons. The highest BCUT2D eigenvalue weighted by Gasteiger charge is 2.33. The van der Waals surface area contributed by atoms with Crippen molar-refractivity contribution < 1.29 is 31.1 Å². The van der Waals surface area contributed by atoms with Crippen LogP contribution in [0.2, 0.25) is 0 Å². The molecule has 0 spiro atoms. The second kappa shape index (κ2) is 8.37. The number of piperidine rings is 1. The van der Waals surface area contributed by atoms with Crippen LogP contribution in [0.5, 0.6) is 5.75 Å². The number of carbonyl (C=O) groups is 1. The van der Waals surface area contributed by atoms with Gasteiger partial charge in [0.2, 0.25) is 15.9 Å².